The molecule has 23 heavy (non-hydrogen) atoms. The summed E-state index contributed by atoms with van der Waals surface area (Å²) >= 11 is 0. The maximum atomic E-state index is 12.8. The molecule has 4 unspecified atom stereocenters. The predicted octanol–water partition coefficient (Wildman–Crippen LogP) is -0.342. The van der Waals surface area contributed by atoms with E-state index < -0.39 is 9.84 Å². The van der Waals surface area contributed by atoms with Crippen molar-refractivity contribution in [2.24, 2.45) is 5.92 Å². The van der Waals surface area contributed by atoms with E-state index in [1.54, 1.807) is 9.80 Å². The fraction of sp³-hybridized carbons (Fsp3) is 0.867. The molecule has 2 amide bonds. The van der Waals surface area contributed by atoms with Gasteiger partial charge >= 0.3 is 0 Å². The highest BCUT2D eigenvalue weighted by Gasteiger charge is 2.44. The summed E-state index contributed by atoms with van der Waals surface area (Å²) in [5, 5.41) is 0. The van der Waals surface area contributed by atoms with Crippen molar-refractivity contribution in [1.82, 2.24) is 9.80 Å². The Bertz CT molecular complexity index is 605. The Morgan fingerprint density at radius 1 is 1.26 bits per heavy atom. The Balaban J connectivity index is 1.66. The van der Waals surface area contributed by atoms with E-state index >= 15 is 0 Å². The second kappa shape index (κ2) is 6.05. The van der Waals surface area contributed by atoms with Gasteiger partial charge in [-0.15, -0.1) is 0 Å². The van der Waals surface area contributed by atoms with Crippen LogP contribution >= 0.6 is 0 Å². The van der Waals surface area contributed by atoms with Gasteiger partial charge in [0.25, 0.3) is 0 Å². The highest BCUT2D eigenvalue weighted by molar-refractivity contribution is 7.91. The molecule has 3 rings (SSSR count). The van der Waals surface area contributed by atoms with Crippen molar-refractivity contribution in [2.75, 3.05) is 31.2 Å². The van der Waals surface area contributed by atoms with Crippen LogP contribution in [-0.4, -0.2) is 79.4 Å². The monoisotopic (exact) mass is 344 g/mol. The summed E-state index contributed by atoms with van der Waals surface area (Å²) in [6.07, 6.45) is 0.678. The van der Waals surface area contributed by atoms with Gasteiger partial charge in [0.2, 0.25) is 11.8 Å². The van der Waals surface area contributed by atoms with Crippen LogP contribution < -0.4 is 0 Å². The van der Waals surface area contributed by atoms with Crippen LogP contribution in [0.4, 0.5) is 0 Å². The summed E-state index contributed by atoms with van der Waals surface area (Å²) in [4.78, 5) is 28.4. The molecule has 130 valence electrons. The highest BCUT2D eigenvalue weighted by Crippen LogP contribution is 2.28. The number of sulfone groups is 1. The topological polar surface area (TPSA) is 84.0 Å². The van der Waals surface area contributed by atoms with Crippen molar-refractivity contribution in [1.29, 1.82) is 0 Å². The quantitative estimate of drug-likeness (QED) is 0.684. The van der Waals surface area contributed by atoms with Gasteiger partial charge in [0.05, 0.1) is 36.2 Å². The molecule has 4 atom stereocenters. The molecule has 3 saturated heterocycles. The Kier molecular flexibility index (Phi) is 4.39. The number of carbonyl (C=O) groups excluding carboxylic acids is 2. The van der Waals surface area contributed by atoms with Gasteiger partial charge in [-0.2, -0.15) is 0 Å². The Hall–Kier alpha value is -1.15. The third kappa shape index (κ3) is 3.38. The molecule has 0 spiro atoms. The fourth-order valence-electron chi connectivity index (χ4n) is 3.72. The molecular formula is C15H24N2O5S. The number of carbonyl (C=O) groups is 2. The van der Waals surface area contributed by atoms with Crippen LogP contribution in [0.3, 0.4) is 0 Å². The number of hydrogen-bond donors (Lipinski definition) is 0. The maximum absolute atomic E-state index is 12.8. The van der Waals surface area contributed by atoms with E-state index in [4.69, 9.17) is 4.74 Å². The third-order valence-electron chi connectivity index (χ3n) is 5.05. The Morgan fingerprint density at radius 2 is 2.00 bits per heavy atom. The van der Waals surface area contributed by atoms with Gasteiger partial charge in [-0.05, 0) is 20.3 Å². The van der Waals surface area contributed by atoms with Crippen LogP contribution in [0.2, 0.25) is 0 Å². The number of rotatable bonds is 2. The molecule has 8 heteroatoms. The lowest BCUT2D eigenvalue weighted by molar-refractivity contribution is -0.147. The van der Waals surface area contributed by atoms with E-state index in [-0.39, 0.29) is 53.8 Å². The number of likely N-dealkylation sites (tertiary alicyclic amines) is 1. The zero-order valence-corrected chi connectivity index (χ0v) is 14.4. The molecule has 3 aliphatic heterocycles. The fourth-order valence-corrected chi connectivity index (χ4v) is 5.45. The van der Waals surface area contributed by atoms with Crippen LogP contribution in [0, 0.1) is 5.92 Å². The van der Waals surface area contributed by atoms with Crippen LogP contribution in [0.5, 0.6) is 0 Å². The zero-order chi connectivity index (χ0) is 16.8. The molecular weight excluding hydrogens is 320 g/mol. The molecule has 0 aromatic heterocycles. The lowest BCUT2D eigenvalue weighted by atomic mass is 10.0. The first-order chi connectivity index (χ1) is 10.8. The van der Waals surface area contributed by atoms with Crippen LogP contribution in [0.15, 0.2) is 0 Å². The average Bonchev–Trinajstić information content (AvgIpc) is 3.03. The second-order valence-corrected chi connectivity index (χ2v) is 9.22. The summed E-state index contributed by atoms with van der Waals surface area (Å²) in [7, 11) is -3.04. The molecule has 0 aromatic carbocycles. The minimum absolute atomic E-state index is 0.00309. The predicted molar refractivity (Wildman–Crippen MR) is 83.5 cm³/mol. The normalized spacial score (nSPS) is 37.4. The van der Waals surface area contributed by atoms with Crippen LogP contribution in [0.1, 0.15) is 26.7 Å². The van der Waals surface area contributed by atoms with Gasteiger partial charge < -0.3 is 14.5 Å². The minimum atomic E-state index is -3.04. The SMILES string of the molecule is CC1CN(C(=O)C2CC(=O)N(C3CCS(=O)(=O)C3)C2)C(C)CO1. The van der Waals surface area contributed by atoms with Gasteiger partial charge in [-0.25, -0.2) is 8.42 Å². The van der Waals surface area contributed by atoms with E-state index in [9.17, 15) is 18.0 Å². The first-order valence-electron chi connectivity index (χ1n) is 8.19. The molecule has 0 aromatic rings. The smallest absolute Gasteiger partial charge is 0.228 e. The van der Waals surface area contributed by atoms with Crippen LogP contribution in [0.25, 0.3) is 0 Å². The minimum Gasteiger partial charge on any atom is -0.375 e. The molecule has 7 nitrogen and oxygen atoms in total. The molecule has 0 aliphatic carbocycles. The summed E-state index contributed by atoms with van der Waals surface area (Å²) < 4.78 is 28.8. The number of amides is 2. The van der Waals surface area contributed by atoms with Crippen molar-refractivity contribution < 1.29 is 22.7 Å². The third-order valence-corrected chi connectivity index (χ3v) is 6.80. The van der Waals surface area contributed by atoms with Gasteiger partial charge in [-0.1, -0.05) is 0 Å². The number of morpholine rings is 1. The number of hydrogen-bond acceptors (Lipinski definition) is 5. The Labute approximate surface area is 136 Å². The molecule has 0 N–H and O–H groups in total. The molecule has 0 radical (unpaired) electrons. The van der Waals surface area contributed by atoms with Crippen molar-refractivity contribution in [3.8, 4) is 0 Å². The van der Waals surface area contributed by atoms with Gasteiger partial charge in [0.1, 0.15) is 0 Å². The molecule has 3 fully saturated rings. The highest BCUT2D eigenvalue weighted by atomic mass is 32.2. The van der Waals surface area contributed by atoms with Crippen molar-refractivity contribution in [3.63, 3.8) is 0 Å². The largest absolute Gasteiger partial charge is 0.375 e. The lowest BCUT2D eigenvalue weighted by Gasteiger charge is -2.38. The summed E-state index contributed by atoms with van der Waals surface area (Å²) in [6, 6.07) is -0.249. The van der Waals surface area contributed by atoms with E-state index in [2.05, 4.69) is 0 Å². The number of nitrogens with zero attached hydrogens (tertiary/aromatic N) is 2. The number of ether oxygens (including phenoxy) is 1. The first-order valence-corrected chi connectivity index (χ1v) is 10.0. The molecule has 3 aliphatic rings. The van der Waals surface area contributed by atoms with Gasteiger partial charge in [0, 0.05) is 25.6 Å². The maximum Gasteiger partial charge on any atom is 0.228 e. The van der Waals surface area contributed by atoms with Crippen LogP contribution in [-0.2, 0) is 24.2 Å². The van der Waals surface area contributed by atoms with Crippen molar-refractivity contribution in [2.45, 2.75) is 44.9 Å². The van der Waals surface area contributed by atoms with E-state index in [0.717, 1.165) is 0 Å². The van der Waals surface area contributed by atoms with Gasteiger partial charge in [0.15, 0.2) is 9.84 Å². The summed E-state index contributed by atoms with van der Waals surface area (Å²) in [5.41, 5.74) is 0. The summed E-state index contributed by atoms with van der Waals surface area (Å²) in [5.74, 6) is -0.301. The molecule has 0 saturated carbocycles. The Morgan fingerprint density at radius 3 is 2.65 bits per heavy atom. The van der Waals surface area contributed by atoms with Gasteiger partial charge in [-0.3, -0.25) is 9.59 Å². The molecule has 3 heterocycles. The zero-order valence-electron chi connectivity index (χ0n) is 13.6. The first kappa shape index (κ1) is 16.7. The standard InChI is InChI=1S/C15H24N2O5S/c1-10-8-22-11(2)6-16(10)15(19)12-5-14(18)17(7-12)13-3-4-23(20,21)9-13/h10-13H,3-9H2,1-2H3. The average molecular weight is 344 g/mol. The van der Waals surface area contributed by atoms with E-state index in [1.807, 2.05) is 13.8 Å². The van der Waals surface area contributed by atoms with E-state index in [1.165, 1.54) is 0 Å². The summed E-state index contributed by atoms with van der Waals surface area (Å²) in [6.45, 7) is 5.28. The van der Waals surface area contributed by atoms with E-state index in [0.29, 0.717) is 26.1 Å². The second-order valence-electron chi connectivity index (χ2n) is 6.99. The molecule has 0 bridgehead atoms. The lowest BCUT2D eigenvalue weighted by Crippen LogP contribution is -2.52. The van der Waals surface area contributed by atoms with Crippen molar-refractivity contribution in [3.05, 3.63) is 0 Å². The van der Waals surface area contributed by atoms with Crippen molar-refractivity contribution >= 4 is 21.7 Å².